The van der Waals surface area contributed by atoms with E-state index in [0.717, 1.165) is 6.26 Å². The number of benzene rings is 1. The van der Waals surface area contributed by atoms with E-state index < -0.39 is 10.9 Å². The minimum atomic E-state index is -1.24. The lowest BCUT2D eigenvalue weighted by Gasteiger charge is -2.04. The van der Waals surface area contributed by atoms with Crippen LogP contribution in [0.5, 0.6) is 5.75 Å². The number of hydrogen-bond donors (Lipinski definition) is 1. The molecule has 1 heterocycles. The van der Waals surface area contributed by atoms with Gasteiger partial charge in [0.1, 0.15) is 6.26 Å². The number of nitrogens with zero attached hydrogens (tertiary/aromatic N) is 2. The number of carbonyl (C=O) groups is 1. The maximum atomic E-state index is 11.0. The number of aromatic nitrogens is 1. The fraction of sp³-hybridized carbons (Fsp3) is 0.167. The number of oxazole rings is 1. The molecule has 0 unspecified atom stereocenters. The predicted octanol–water partition coefficient (Wildman–Crippen LogP) is 2.35. The maximum Gasteiger partial charge on any atom is 0.357 e. The molecule has 0 radical (unpaired) electrons. The molecule has 0 bridgehead atoms. The molecule has 8 nitrogen and oxygen atoms in total. The topological polar surface area (TPSA) is 116 Å². The first-order valence-corrected chi connectivity index (χ1v) is 5.63. The van der Waals surface area contributed by atoms with Gasteiger partial charge in [0, 0.05) is 11.6 Å². The molecule has 1 aromatic carbocycles. The van der Waals surface area contributed by atoms with Gasteiger partial charge in [-0.25, -0.2) is 9.78 Å². The van der Waals surface area contributed by atoms with Crippen LogP contribution < -0.4 is 4.74 Å². The van der Waals surface area contributed by atoms with Crippen LogP contribution in [0, 0.1) is 10.1 Å². The van der Waals surface area contributed by atoms with Gasteiger partial charge in [-0.15, -0.1) is 0 Å². The highest BCUT2D eigenvalue weighted by atomic mass is 16.6. The van der Waals surface area contributed by atoms with Gasteiger partial charge in [-0.3, -0.25) is 10.1 Å². The summed E-state index contributed by atoms with van der Waals surface area (Å²) in [5, 5.41) is 19.7. The standard InChI is InChI=1S/C12H10N2O6/c1-2-19-10-4-3-7(5-9(10)14(17)18)11-13-8(6-20-11)12(15)16/h3-6H,2H2,1H3,(H,15,16). The third-order valence-electron chi connectivity index (χ3n) is 2.43. The number of carboxylic acid groups (broad SMARTS) is 1. The normalized spacial score (nSPS) is 10.2. The molecule has 0 atom stereocenters. The van der Waals surface area contributed by atoms with Crippen molar-refractivity contribution in [1.29, 1.82) is 0 Å². The van der Waals surface area contributed by atoms with Gasteiger partial charge in [-0.1, -0.05) is 0 Å². The average molecular weight is 278 g/mol. The Morgan fingerprint density at radius 2 is 2.30 bits per heavy atom. The van der Waals surface area contributed by atoms with E-state index >= 15 is 0 Å². The third-order valence-corrected chi connectivity index (χ3v) is 2.43. The van der Waals surface area contributed by atoms with Crippen LogP contribution in [0.3, 0.4) is 0 Å². The molecule has 0 aliphatic carbocycles. The minimum absolute atomic E-state index is 0.00597. The van der Waals surface area contributed by atoms with Gasteiger partial charge >= 0.3 is 11.7 Å². The lowest BCUT2D eigenvalue weighted by molar-refractivity contribution is -0.385. The first-order valence-electron chi connectivity index (χ1n) is 5.63. The van der Waals surface area contributed by atoms with Crippen molar-refractivity contribution in [2.45, 2.75) is 6.92 Å². The maximum absolute atomic E-state index is 11.0. The van der Waals surface area contributed by atoms with Crippen molar-refractivity contribution in [1.82, 2.24) is 4.98 Å². The summed E-state index contributed by atoms with van der Waals surface area (Å²) in [6.07, 6.45) is 0.972. The highest BCUT2D eigenvalue weighted by molar-refractivity contribution is 5.85. The van der Waals surface area contributed by atoms with Crippen LogP contribution in [0.2, 0.25) is 0 Å². The average Bonchev–Trinajstić information content (AvgIpc) is 2.89. The molecule has 0 aliphatic heterocycles. The van der Waals surface area contributed by atoms with E-state index in [0.29, 0.717) is 12.2 Å². The quantitative estimate of drug-likeness (QED) is 0.659. The summed E-state index contributed by atoms with van der Waals surface area (Å²) in [6.45, 7) is 2.01. The highest BCUT2D eigenvalue weighted by Crippen LogP contribution is 2.32. The minimum Gasteiger partial charge on any atom is -0.487 e. The summed E-state index contributed by atoms with van der Waals surface area (Å²) in [4.78, 5) is 24.8. The highest BCUT2D eigenvalue weighted by Gasteiger charge is 2.19. The van der Waals surface area contributed by atoms with Gasteiger partial charge in [0.25, 0.3) is 0 Å². The lowest BCUT2D eigenvalue weighted by atomic mass is 10.2. The smallest absolute Gasteiger partial charge is 0.357 e. The molecule has 0 saturated heterocycles. The molecule has 20 heavy (non-hydrogen) atoms. The number of hydrogen-bond acceptors (Lipinski definition) is 6. The van der Waals surface area contributed by atoms with Crippen molar-refractivity contribution in [3.05, 3.63) is 40.3 Å². The van der Waals surface area contributed by atoms with E-state index in [1.54, 1.807) is 6.92 Å². The van der Waals surface area contributed by atoms with Crippen LogP contribution in [-0.2, 0) is 0 Å². The van der Waals surface area contributed by atoms with E-state index in [1.165, 1.54) is 18.2 Å². The summed E-state index contributed by atoms with van der Waals surface area (Å²) in [7, 11) is 0. The number of nitro groups is 1. The predicted molar refractivity (Wildman–Crippen MR) is 66.7 cm³/mol. The van der Waals surface area contributed by atoms with Gasteiger partial charge in [-0.05, 0) is 19.1 Å². The van der Waals surface area contributed by atoms with Crippen molar-refractivity contribution in [3.8, 4) is 17.2 Å². The number of aromatic carboxylic acids is 1. The van der Waals surface area contributed by atoms with Gasteiger partial charge in [0.15, 0.2) is 11.4 Å². The second-order valence-electron chi connectivity index (χ2n) is 3.72. The zero-order valence-electron chi connectivity index (χ0n) is 10.4. The molecule has 2 aromatic rings. The third kappa shape index (κ3) is 2.58. The SMILES string of the molecule is CCOc1ccc(-c2nc(C(=O)O)co2)cc1[N+](=O)[O-]. The van der Waals surface area contributed by atoms with Gasteiger partial charge in [-0.2, -0.15) is 0 Å². The van der Waals surface area contributed by atoms with Crippen molar-refractivity contribution in [3.63, 3.8) is 0 Å². The molecule has 1 aromatic heterocycles. The monoisotopic (exact) mass is 278 g/mol. The van der Waals surface area contributed by atoms with Gasteiger partial charge < -0.3 is 14.3 Å². The molecule has 0 amide bonds. The summed E-state index contributed by atoms with van der Waals surface area (Å²) in [6, 6.07) is 4.15. The number of ether oxygens (including phenoxy) is 1. The van der Waals surface area contributed by atoms with Crippen molar-refractivity contribution >= 4 is 11.7 Å². The van der Waals surface area contributed by atoms with E-state index in [9.17, 15) is 14.9 Å². The Balaban J connectivity index is 2.44. The summed E-state index contributed by atoms with van der Waals surface area (Å²) in [5.74, 6) is -1.11. The van der Waals surface area contributed by atoms with Crippen LogP contribution in [0.15, 0.2) is 28.9 Å². The molecule has 0 aliphatic rings. The molecule has 0 fully saturated rings. The van der Waals surface area contributed by atoms with Crippen molar-refractivity contribution < 1.29 is 24.0 Å². The van der Waals surface area contributed by atoms with Crippen LogP contribution in [-0.4, -0.2) is 27.6 Å². The molecular weight excluding hydrogens is 268 g/mol. The Bertz CT molecular complexity index is 664. The van der Waals surface area contributed by atoms with Crippen LogP contribution in [0.25, 0.3) is 11.5 Å². The Morgan fingerprint density at radius 3 is 2.85 bits per heavy atom. The second-order valence-corrected chi connectivity index (χ2v) is 3.72. The molecule has 0 saturated carbocycles. The number of nitro benzene ring substituents is 1. The zero-order valence-corrected chi connectivity index (χ0v) is 10.4. The Hall–Kier alpha value is -2.90. The van der Waals surface area contributed by atoms with Crippen LogP contribution >= 0.6 is 0 Å². The molecule has 8 heteroatoms. The Morgan fingerprint density at radius 1 is 1.55 bits per heavy atom. The molecule has 2 rings (SSSR count). The van der Waals surface area contributed by atoms with E-state index in [4.69, 9.17) is 14.3 Å². The number of carboxylic acids is 1. The fourth-order valence-corrected chi connectivity index (χ4v) is 1.58. The van der Waals surface area contributed by atoms with Crippen LogP contribution in [0.1, 0.15) is 17.4 Å². The Kier molecular flexibility index (Phi) is 3.65. The van der Waals surface area contributed by atoms with E-state index in [2.05, 4.69) is 4.98 Å². The summed E-state index contributed by atoms with van der Waals surface area (Å²) in [5.41, 5.74) is -0.205. The van der Waals surface area contributed by atoms with Crippen LogP contribution in [0.4, 0.5) is 5.69 Å². The lowest BCUT2D eigenvalue weighted by Crippen LogP contribution is -1.98. The van der Waals surface area contributed by atoms with E-state index in [1.807, 2.05) is 0 Å². The fourth-order valence-electron chi connectivity index (χ4n) is 1.58. The second kappa shape index (κ2) is 5.39. The molecule has 0 spiro atoms. The Labute approximate surface area is 112 Å². The van der Waals surface area contributed by atoms with Crippen molar-refractivity contribution in [2.24, 2.45) is 0 Å². The summed E-state index contributed by atoms with van der Waals surface area (Å²) >= 11 is 0. The van der Waals surface area contributed by atoms with Crippen molar-refractivity contribution in [2.75, 3.05) is 6.61 Å². The first kappa shape index (κ1) is 13.5. The number of rotatable bonds is 5. The molecular formula is C12H10N2O6. The van der Waals surface area contributed by atoms with Gasteiger partial charge in [0.2, 0.25) is 5.89 Å². The largest absolute Gasteiger partial charge is 0.487 e. The first-order chi connectivity index (χ1) is 9.52. The molecule has 1 N–H and O–H groups in total. The molecule has 104 valence electrons. The zero-order chi connectivity index (χ0) is 14.7. The van der Waals surface area contributed by atoms with E-state index in [-0.39, 0.29) is 23.0 Å². The summed E-state index contributed by atoms with van der Waals surface area (Å²) < 4.78 is 10.1. The van der Waals surface area contributed by atoms with Gasteiger partial charge in [0.05, 0.1) is 11.5 Å².